The SMILES string of the molecule is Cc1cn2nc(B3OC(C)(C)C(C)(C)O3)cc(C(C)C)c2n1. The van der Waals surface area contributed by atoms with Crippen LogP contribution in [0.1, 0.15) is 58.7 Å². The number of hydrogen-bond donors (Lipinski definition) is 0. The van der Waals surface area contributed by atoms with Gasteiger partial charge in [0.2, 0.25) is 0 Å². The van der Waals surface area contributed by atoms with E-state index >= 15 is 0 Å². The largest absolute Gasteiger partial charge is 0.516 e. The molecule has 0 amide bonds. The fraction of sp³-hybridized carbons (Fsp3) is 0.625. The van der Waals surface area contributed by atoms with Gasteiger partial charge in [-0.3, -0.25) is 0 Å². The number of fused-ring (bicyclic) bond motifs is 1. The number of imidazole rings is 1. The van der Waals surface area contributed by atoms with E-state index in [1.807, 2.05) is 17.6 Å². The molecule has 6 heteroatoms. The highest BCUT2D eigenvalue weighted by Crippen LogP contribution is 2.36. The van der Waals surface area contributed by atoms with Crippen LogP contribution in [0.25, 0.3) is 5.65 Å². The van der Waals surface area contributed by atoms with Crippen molar-refractivity contribution in [2.75, 3.05) is 0 Å². The Balaban J connectivity index is 2.09. The molecule has 2 aromatic rings. The van der Waals surface area contributed by atoms with Gasteiger partial charge in [-0.25, -0.2) is 9.50 Å². The number of aromatic nitrogens is 3. The van der Waals surface area contributed by atoms with E-state index in [0.717, 1.165) is 22.5 Å². The van der Waals surface area contributed by atoms with Crippen molar-refractivity contribution in [3.05, 3.63) is 23.5 Å². The van der Waals surface area contributed by atoms with Gasteiger partial charge in [0.25, 0.3) is 0 Å². The lowest BCUT2D eigenvalue weighted by molar-refractivity contribution is 0.00578. The maximum Gasteiger partial charge on any atom is 0.516 e. The summed E-state index contributed by atoms with van der Waals surface area (Å²) in [6.07, 6.45) is 1.94. The monoisotopic (exact) mass is 301 g/mol. The van der Waals surface area contributed by atoms with E-state index in [9.17, 15) is 0 Å². The third-order valence-electron chi connectivity index (χ3n) is 4.71. The van der Waals surface area contributed by atoms with Crippen LogP contribution in [0.2, 0.25) is 0 Å². The van der Waals surface area contributed by atoms with Crippen LogP contribution in [0, 0.1) is 6.92 Å². The third-order valence-corrected chi connectivity index (χ3v) is 4.71. The molecule has 0 unspecified atom stereocenters. The molecule has 118 valence electrons. The summed E-state index contributed by atoms with van der Waals surface area (Å²) in [6.45, 7) is 14.5. The molecule has 1 fully saturated rings. The Morgan fingerprint density at radius 1 is 1.14 bits per heavy atom. The Morgan fingerprint density at radius 3 is 2.27 bits per heavy atom. The van der Waals surface area contributed by atoms with Gasteiger partial charge in [0.1, 0.15) is 0 Å². The average molecular weight is 301 g/mol. The highest BCUT2D eigenvalue weighted by Gasteiger charge is 2.52. The van der Waals surface area contributed by atoms with E-state index in [0.29, 0.717) is 5.92 Å². The normalized spacial score (nSPS) is 20.3. The standard InChI is InChI=1S/C16H24BN3O2/c1-10(2)12-8-13(19-20-9-11(3)18-14(12)20)17-21-15(4,5)16(6,7)22-17/h8-10H,1-7H3. The molecule has 0 bridgehead atoms. The summed E-state index contributed by atoms with van der Waals surface area (Å²) in [4.78, 5) is 4.58. The quantitative estimate of drug-likeness (QED) is 0.800. The highest BCUT2D eigenvalue weighted by atomic mass is 16.7. The van der Waals surface area contributed by atoms with E-state index in [2.05, 4.69) is 57.7 Å². The van der Waals surface area contributed by atoms with E-state index in [4.69, 9.17) is 9.31 Å². The molecule has 0 saturated carbocycles. The summed E-state index contributed by atoms with van der Waals surface area (Å²) < 4.78 is 14.1. The van der Waals surface area contributed by atoms with Crippen molar-refractivity contribution >= 4 is 18.4 Å². The van der Waals surface area contributed by atoms with Crippen molar-refractivity contribution in [1.29, 1.82) is 0 Å². The number of hydrogen-bond acceptors (Lipinski definition) is 4. The zero-order valence-corrected chi connectivity index (χ0v) is 14.5. The van der Waals surface area contributed by atoms with Gasteiger partial charge in [-0.1, -0.05) is 13.8 Å². The van der Waals surface area contributed by atoms with E-state index in [1.54, 1.807) is 0 Å². The lowest BCUT2D eigenvalue weighted by Gasteiger charge is -2.32. The first-order valence-corrected chi connectivity index (χ1v) is 7.83. The van der Waals surface area contributed by atoms with Crippen molar-refractivity contribution in [3.8, 4) is 0 Å². The molecule has 3 heterocycles. The van der Waals surface area contributed by atoms with Crippen molar-refractivity contribution in [3.63, 3.8) is 0 Å². The first-order chi connectivity index (χ1) is 10.1. The molecule has 0 radical (unpaired) electrons. The molecular formula is C16H24BN3O2. The summed E-state index contributed by atoms with van der Waals surface area (Å²) in [6, 6.07) is 2.06. The lowest BCUT2D eigenvalue weighted by atomic mass is 9.83. The summed E-state index contributed by atoms with van der Waals surface area (Å²) in [5, 5.41) is 4.66. The van der Waals surface area contributed by atoms with Gasteiger partial charge in [-0.15, -0.1) is 0 Å². The van der Waals surface area contributed by atoms with Crippen molar-refractivity contribution in [2.45, 2.75) is 65.6 Å². The van der Waals surface area contributed by atoms with Gasteiger partial charge in [-0.05, 0) is 46.6 Å². The molecule has 1 aliphatic rings. The number of rotatable bonds is 2. The first kappa shape index (κ1) is 15.5. The second kappa shape index (κ2) is 4.80. The lowest BCUT2D eigenvalue weighted by Crippen LogP contribution is -2.41. The van der Waals surface area contributed by atoms with Gasteiger partial charge in [0.05, 0.1) is 28.7 Å². The van der Waals surface area contributed by atoms with Crippen LogP contribution >= 0.6 is 0 Å². The van der Waals surface area contributed by atoms with Gasteiger partial charge < -0.3 is 9.31 Å². The Kier molecular flexibility index (Phi) is 3.38. The maximum atomic E-state index is 6.12. The van der Waals surface area contributed by atoms with Gasteiger partial charge in [0.15, 0.2) is 5.65 Å². The van der Waals surface area contributed by atoms with Crippen LogP contribution in [0.5, 0.6) is 0 Å². The summed E-state index contributed by atoms with van der Waals surface area (Å²) in [5.41, 5.74) is 3.10. The Morgan fingerprint density at radius 2 is 1.73 bits per heavy atom. The summed E-state index contributed by atoms with van der Waals surface area (Å²) >= 11 is 0. The Hall–Kier alpha value is -1.40. The minimum absolute atomic E-state index is 0.355. The molecule has 0 aromatic carbocycles. The van der Waals surface area contributed by atoms with E-state index < -0.39 is 7.12 Å². The second-order valence-corrected chi connectivity index (χ2v) is 7.42. The van der Waals surface area contributed by atoms with Crippen LogP contribution in [0.4, 0.5) is 0 Å². The molecule has 0 N–H and O–H groups in total. The topological polar surface area (TPSA) is 48.7 Å². The zero-order chi connectivity index (χ0) is 16.3. The van der Waals surface area contributed by atoms with Gasteiger partial charge >= 0.3 is 7.12 Å². The van der Waals surface area contributed by atoms with E-state index in [1.165, 1.54) is 0 Å². The predicted molar refractivity (Wildman–Crippen MR) is 87.5 cm³/mol. The predicted octanol–water partition coefficient (Wildman–Crippen LogP) is 2.46. The second-order valence-electron chi connectivity index (χ2n) is 7.42. The fourth-order valence-electron chi connectivity index (χ4n) is 2.64. The van der Waals surface area contributed by atoms with Gasteiger partial charge in [0, 0.05) is 5.56 Å². The van der Waals surface area contributed by atoms with Crippen LogP contribution in [-0.4, -0.2) is 32.9 Å². The molecule has 0 spiro atoms. The molecule has 3 rings (SSSR count). The Labute approximate surface area is 132 Å². The molecule has 1 saturated heterocycles. The Bertz CT molecular complexity index is 705. The minimum Gasteiger partial charge on any atom is -0.398 e. The molecular weight excluding hydrogens is 277 g/mol. The van der Waals surface area contributed by atoms with Crippen LogP contribution in [0.3, 0.4) is 0 Å². The van der Waals surface area contributed by atoms with Crippen molar-refractivity contribution in [2.24, 2.45) is 0 Å². The van der Waals surface area contributed by atoms with Crippen LogP contribution in [-0.2, 0) is 9.31 Å². The molecule has 1 aliphatic heterocycles. The average Bonchev–Trinajstić information content (AvgIpc) is 2.84. The zero-order valence-electron chi connectivity index (χ0n) is 14.5. The van der Waals surface area contributed by atoms with Gasteiger partial charge in [-0.2, -0.15) is 5.10 Å². The molecule has 0 atom stereocenters. The third kappa shape index (κ3) is 2.34. The molecule has 5 nitrogen and oxygen atoms in total. The highest BCUT2D eigenvalue weighted by molar-refractivity contribution is 6.61. The van der Waals surface area contributed by atoms with Crippen molar-refractivity contribution < 1.29 is 9.31 Å². The van der Waals surface area contributed by atoms with E-state index in [-0.39, 0.29) is 11.2 Å². The van der Waals surface area contributed by atoms with Crippen LogP contribution in [0.15, 0.2) is 12.3 Å². The summed E-state index contributed by atoms with van der Waals surface area (Å²) in [7, 11) is -0.449. The fourth-order valence-corrected chi connectivity index (χ4v) is 2.64. The smallest absolute Gasteiger partial charge is 0.398 e. The first-order valence-electron chi connectivity index (χ1n) is 7.83. The number of aryl methyl sites for hydroxylation is 1. The van der Waals surface area contributed by atoms with Crippen molar-refractivity contribution in [1.82, 2.24) is 14.6 Å². The molecule has 2 aromatic heterocycles. The minimum atomic E-state index is -0.449. The number of nitrogens with zero attached hydrogens (tertiary/aromatic N) is 3. The summed E-state index contributed by atoms with van der Waals surface area (Å²) in [5.74, 6) is 0.355. The molecule has 22 heavy (non-hydrogen) atoms. The molecule has 0 aliphatic carbocycles. The van der Waals surface area contributed by atoms with Crippen LogP contribution < -0.4 is 5.59 Å². The maximum absolute atomic E-state index is 6.12.